The Hall–Kier alpha value is -1.24. The van der Waals surface area contributed by atoms with Gasteiger partial charge in [-0.15, -0.1) is 0 Å². The summed E-state index contributed by atoms with van der Waals surface area (Å²) in [6.45, 7) is 0.546. The number of phenols is 2. The highest BCUT2D eigenvalue weighted by molar-refractivity contribution is 6.13. The molecule has 6 N–H and O–H groups in total. The summed E-state index contributed by atoms with van der Waals surface area (Å²) in [7, 11) is 0. The third kappa shape index (κ3) is 4.71. The highest BCUT2D eigenvalue weighted by Crippen LogP contribution is 2.24. The van der Waals surface area contributed by atoms with Gasteiger partial charge in [-0.05, 0) is 30.7 Å². The van der Waals surface area contributed by atoms with Crippen molar-refractivity contribution in [3.63, 3.8) is 0 Å². The minimum absolute atomic E-state index is 0. The number of phenolic OH excluding ortho intramolecular Hbond substituents is 2. The average molecular weight is 198 g/mol. The largest absolute Gasteiger partial charge is 0.504 e. The fourth-order valence-electron chi connectivity index (χ4n) is 0.891. The van der Waals surface area contributed by atoms with Crippen molar-refractivity contribution in [1.82, 2.24) is 0 Å². The van der Waals surface area contributed by atoms with E-state index in [0.717, 1.165) is 5.56 Å². The van der Waals surface area contributed by atoms with Crippen LogP contribution in [0.3, 0.4) is 0 Å². The molecule has 0 aliphatic carbocycles. The van der Waals surface area contributed by atoms with E-state index in [1.54, 1.807) is 6.07 Å². The van der Waals surface area contributed by atoms with Gasteiger partial charge >= 0.3 is 7.69 Å². The van der Waals surface area contributed by atoms with E-state index in [2.05, 4.69) is 0 Å². The lowest BCUT2D eigenvalue weighted by Gasteiger charge is -2.00. The molecule has 0 saturated heterocycles. The first kappa shape index (κ1) is 12.8. The molecule has 1 rings (SSSR count). The van der Waals surface area contributed by atoms with Gasteiger partial charge in [0.2, 0.25) is 0 Å². The van der Waals surface area contributed by atoms with E-state index in [0.29, 0.717) is 13.0 Å². The van der Waals surface area contributed by atoms with Crippen molar-refractivity contribution in [3.8, 4) is 11.5 Å². The minimum atomic E-state index is -0.0919. The first-order valence-electron chi connectivity index (χ1n) is 3.96. The molecule has 0 atom stereocenters. The Morgan fingerprint density at radius 3 is 2.14 bits per heavy atom. The Kier molecular flexibility index (Phi) is 6.56. The molecule has 0 heterocycles. The minimum Gasteiger partial charge on any atom is -0.504 e. The maximum atomic E-state index is 9.04. The standard InChI is InChI=1S/C8H11NO2.BH2O2/c9-4-3-6-1-2-7(10)8(11)5-6;2-1-3/h1-2,5,10-11H,3-4,9H2;2-3H. The lowest BCUT2D eigenvalue weighted by atomic mass is 10.1. The van der Waals surface area contributed by atoms with E-state index < -0.39 is 0 Å². The Labute approximate surface area is 82.7 Å². The molecule has 1 aromatic carbocycles. The van der Waals surface area contributed by atoms with Crippen molar-refractivity contribution >= 4 is 7.69 Å². The van der Waals surface area contributed by atoms with Crippen molar-refractivity contribution in [1.29, 1.82) is 0 Å². The quantitative estimate of drug-likeness (QED) is 0.313. The molecule has 0 aliphatic heterocycles. The van der Waals surface area contributed by atoms with Gasteiger partial charge in [-0.2, -0.15) is 0 Å². The summed E-state index contributed by atoms with van der Waals surface area (Å²) < 4.78 is 0. The van der Waals surface area contributed by atoms with E-state index in [9.17, 15) is 0 Å². The first-order chi connectivity index (χ1) is 6.65. The van der Waals surface area contributed by atoms with Gasteiger partial charge in [-0.25, -0.2) is 0 Å². The van der Waals surface area contributed by atoms with Crippen LogP contribution in [0, 0.1) is 0 Å². The molecule has 0 bridgehead atoms. The second-order valence-electron chi connectivity index (χ2n) is 2.48. The molecule has 5 nitrogen and oxygen atoms in total. The van der Waals surface area contributed by atoms with Crippen LogP contribution in [0.5, 0.6) is 11.5 Å². The molecule has 0 aromatic heterocycles. The number of rotatable bonds is 2. The zero-order valence-corrected chi connectivity index (χ0v) is 7.59. The van der Waals surface area contributed by atoms with Gasteiger partial charge in [0.05, 0.1) is 0 Å². The summed E-state index contributed by atoms with van der Waals surface area (Å²) in [5, 5.41) is 32.0. The van der Waals surface area contributed by atoms with Crippen molar-refractivity contribution in [2.75, 3.05) is 6.54 Å². The maximum absolute atomic E-state index is 9.04. The molecule has 0 fully saturated rings. The maximum Gasteiger partial charge on any atom is 0.482 e. The normalized spacial score (nSPS) is 8.79. The van der Waals surface area contributed by atoms with Gasteiger partial charge in [0.15, 0.2) is 11.5 Å². The Balaban J connectivity index is 0.000000500. The molecule has 1 radical (unpaired) electrons. The Morgan fingerprint density at radius 2 is 1.71 bits per heavy atom. The van der Waals surface area contributed by atoms with Gasteiger partial charge < -0.3 is 26.0 Å². The Morgan fingerprint density at radius 1 is 1.14 bits per heavy atom. The lowest BCUT2D eigenvalue weighted by Crippen LogP contribution is -2.02. The summed E-state index contributed by atoms with van der Waals surface area (Å²) in [5.74, 6) is -0.179. The third-order valence-electron chi connectivity index (χ3n) is 1.47. The number of hydrogen-bond acceptors (Lipinski definition) is 5. The number of hydrogen-bond donors (Lipinski definition) is 5. The molecule has 6 heteroatoms. The highest BCUT2D eigenvalue weighted by atomic mass is 16.4. The fourth-order valence-corrected chi connectivity index (χ4v) is 0.891. The van der Waals surface area contributed by atoms with Crippen LogP contribution < -0.4 is 5.73 Å². The van der Waals surface area contributed by atoms with E-state index in [-0.39, 0.29) is 19.2 Å². The van der Waals surface area contributed by atoms with Crippen LogP contribution in [0.2, 0.25) is 0 Å². The molecule has 0 aliphatic rings. The SMILES string of the molecule is NCCc1ccc(O)c(O)c1.O[B]O. The van der Waals surface area contributed by atoms with Gasteiger partial charge in [0.1, 0.15) is 0 Å². The molecule has 0 unspecified atom stereocenters. The zero-order chi connectivity index (χ0) is 11.0. The van der Waals surface area contributed by atoms with Crippen LogP contribution in [-0.2, 0) is 6.42 Å². The van der Waals surface area contributed by atoms with Crippen molar-refractivity contribution < 1.29 is 20.3 Å². The topological polar surface area (TPSA) is 107 Å². The number of aromatic hydroxyl groups is 2. The van der Waals surface area contributed by atoms with Crippen molar-refractivity contribution in [2.24, 2.45) is 5.73 Å². The summed E-state index contributed by atoms with van der Waals surface area (Å²) in [6.07, 6.45) is 0.716. The summed E-state index contributed by atoms with van der Waals surface area (Å²) in [5.41, 5.74) is 6.24. The summed E-state index contributed by atoms with van der Waals surface area (Å²) >= 11 is 0. The smallest absolute Gasteiger partial charge is 0.482 e. The first-order valence-corrected chi connectivity index (χ1v) is 3.96. The van der Waals surface area contributed by atoms with Crippen LogP contribution in [0.25, 0.3) is 0 Å². The predicted molar refractivity (Wildman–Crippen MR) is 52.7 cm³/mol. The zero-order valence-electron chi connectivity index (χ0n) is 7.59. The monoisotopic (exact) mass is 198 g/mol. The summed E-state index contributed by atoms with van der Waals surface area (Å²) in [4.78, 5) is 0. The van der Waals surface area contributed by atoms with Crippen LogP contribution in [0.4, 0.5) is 0 Å². The number of nitrogens with two attached hydrogens (primary N) is 1. The molecular weight excluding hydrogens is 185 g/mol. The molecule has 14 heavy (non-hydrogen) atoms. The molecule has 0 spiro atoms. The van der Waals surface area contributed by atoms with E-state index in [1.807, 2.05) is 0 Å². The van der Waals surface area contributed by atoms with Crippen molar-refractivity contribution in [2.45, 2.75) is 6.42 Å². The second kappa shape index (κ2) is 7.20. The predicted octanol–water partition coefficient (Wildman–Crippen LogP) is -0.896. The summed E-state index contributed by atoms with van der Waals surface area (Å²) in [6, 6.07) is 4.71. The van der Waals surface area contributed by atoms with E-state index in [4.69, 9.17) is 26.0 Å². The molecule has 0 amide bonds. The van der Waals surface area contributed by atoms with Crippen molar-refractivity contribution in [3.05, 3.63) is 23.8 Å². The third-order valence-corrected chi connectivity index (χ3v) is 1.47. The number of benzene rings is 1. The van der Waals surface area contributed by atoms with Gasteiger partial charge in [-0.1, -0.05) is 6.07 Å². The van der Waals surface area contributed by atoms with Crippen LogP contribution >= 0.6 is 0 Å². The van der Waals surface area contributed by atoms with E-state index >= 15 is 0 Å². The molecular formula is C8H13BNO4. The van der Waals surface area contributed by atoms with Gasteiger partial charge in [0.25, 0.3) is 0 Å². The van der Waals surface area contributed by atoms with E-state index in [1.165, 1.54) is 12.1 Å². The molecule has 77 valence electrons. The highest BCUT2D eigenvalue weighted by Gasteiger charge is 1.98. The second-order valence-corrected chi connectivity index (χ2v) is 2.48. The van der Waals surface area contributed by atoms with Gasteiger partial charge in [-0.3, -0.25) is 0 Å². The fraction of sp³-hybridized carbons (Fsp3) is 0.250. The van der Waals surface area contributed by atoms with Crippen LogP contribution in [0.15, 0.2) is 18.2 Å². The lowest BCUT2D eigenvalue weighted by molar-refractivity contribution is 0.403. The Bertz CT molecular complexity index is 270. The average Bonchev–Trinajstić information content (AvgIpc) is 2.13. The molecule has 1 aromatic rings. The van der Waals surface area contributed by atoms with Gasteiger partial charge in [0, 0.05) is 0 Å². The molecule has 0 saturated carbocycles. The van der Waals surface area contributed by atoms with Crippen LogP contribution in [0.1, 0.15) is 5.56 Å². The van der Waals surface area contributed by atoms with Crippen LogP contribution in [-0.4, -0.2) is 34.5 Å².